The average Bonchev–Trinajstić information content (AvgIpc) is 3.55. The highest BCUT2D eigenvalue weighted by Gasteiger charge is 2.44. The summed E-state index contributed by atoms with van der Waals surface area (Å²) in [5.41, 5.74) is 0.454. The molecule has 5 rings (SSSR count). The maximum atomic E-state index is 13.4. The quantitative estimate of drug-likeness (QED) is 0.733. The number of benzene rings is 1. The molecule has 0 unspecified atom stereocenters. The van der Waals surface area contributed by atoms with Gasteiger partial charge >= 0.3 is 6.18 Å². The fraction of sp³-hybridized carbons (Fsp3) is 0.500. The Labute approximate surface area is 194 Å². The van der Waals surface area contributed by atoms with Gasteiger partial charge in [0.05, 0.1) is 29.9 Å². The predicted octanol–water partition coefficient (Wildman–Crippen LogP) is 3.10. The number of nitrogens with one attached hydrogen (secondary N) is 1. The summed E-state index contributed by atoms with van der Waals surface area (Å²) in [6, 6.07) is 6.58. The van der Waals surface area contributed by atoms with Crippen LogP contribution in [0.25, 0.3) is 0 Å². The van der Waals surface area contributed by atoms with Crippen LogP contribution in [0.3, 0.4) is 0 Å². The summed E-state index contributed by atoms with van der Waals surface area (Å²) in [6.07, 6.45) is -1.10. The van der Waals surface area contributed by atoms with Crippen LogP contribution < -0.4 is 10.2 Å². The third kappa shape index (κ3) is 4.38. The number of anilines is 1. The number of amides is 2. The topological polar surface area (TPSA) is 75.0 Å². The number of rotatable bonds is 4. The van der Waals surface area contributed by atoms with E-state index in [1.165, 1.54) is 12.3 Å². The predicted molar refractivity (Wildman–Crippen MR) is 116 cm³/mol. The molecule has 0 aliphatic carbocycles. The van der Waals surface area contributed by atoms with E-state index >= 15 is 0 Å². The monoisotopic (exact) mass is 477 g/mol. The second kappa shape index (κ2) is 8.98. The first-order valence-electron chi connectivity index (χ1n) is 11.5. The van der Waals surface area contributed by atoms with E-state index in [1.54, 1.807) is 17.0 Å². The lowest BCUT2D eigenvalue weighted by atomic mass is 9.82. The third-order valence-corrected chi connectivity index (χ3v) is 6.92. The lowest BCUT2D eigenvalue weighted by Crippen LogP contribution is -2.62. The highest BCUT2D eigenvalue weighted by molar-refractivity contribution is 5.92. The molecule has 182 valence electrons. The number of halogens is 3. The van der Waals surface area contributed by atoms with Crippen molar-refractivity contribution in [1.82, 2.24) is 10.2 Å². The van der Waals surface area contributed by atoms with Crippen molar-refractivity contribution >= 4 is 17.5 Å². The maximum Gasteiger partial charge on any atom is 0.416 e. The molecule has 1 aromatic heterocycles. The van der Waals surface area contributed by atoms with Crippen molar-refractivity contribution in [3.05, 3.63) is 53.5 Å². The van der Waals surface area contributed by atoms with Gasteiger partial charge in [-0.2, -0.15) is 13.2 Å². The van der Waals surface area contributed by atoms with Gasteiger partial charge in [0.2, 0.25) is 5.91 Å². The number of hydrogen-bond acceptors (Lipinski definition) is 5. The molecule has 3 atom stereocenters. The van der Waals surface area contributed by atoms with Gasteiger partial charge in [-0.15, -0.1) is 0 Å². The molecule has 1 N–H and O–H groups in total. The zero-order chi connectivity index (χ0) is 23.9. The molecule has 0 radical (unpaired) electrons. The van der Waals surface area contributed by atoms with Gasteiger partial charge in [0.1, 0.15) is 0 Å². The van der Waals surface area contributed by atoms with Crippen LogP contribution in [0.1, 0.15) is 34.5 Å². The van der Waals surface area contributed by atoms with Gasteiger partial charge in [-0.05, 0) is 55.2 Å². The number of alkyl halides is 3. The van der Waals surface area contributed by atoms with Crippen molar-refractivity contribution in [1.29, 1.82) is 0 Å². The minimum absolute atomic E-state index is 0.0452. The van der Waals surface area contributed by atoms with Gasteiger partial charge in [-0.1, -0.05) is 0 Å². The number of ether oxygens (including phenoxy) is 1. The van der Waals surface area contributed by atoms with Gasteiger partial charge in [-0.3, -0.25) is 9.59 Å². The SMILES string of the molecule is O=C(NC[C@@H]1CCCO1)[C@H]1Cc2cc(C(F)(F)F)ccc2N2CCN(C(=O)c3ccco3)C[C@@H]12. The fourth-order valence-corrected chi connectivity index (χ4v) is 5.19. The molecule has 4 heterocycles. The van der Waals surface area contributed by atoms with Crippen molar-refractivity contribution in [2.45, 2.75) is 37.6 Å². The number of piperazine rings is 1. The van der Waals surface area contributed by atoms with Crippen molar-refractivity contribution < 1.29 is 31.9 Å². The third-order valence-electron chi connectivity index (χ3n) is 6.92. The number of carbonyl (C=O) groups is 2. The average molecular weight is 477 g/mol. The highest BCUT2D eigenvalue weighted by Crippen LogP contribution is 2.40. The normalized spacial score (nSPS) is 24.5. The first kappa shape index (κ1) is 22.8. The molecule has 2 fully saturated rings. The number of carbonyl (C=O) groups excluding carboxylic acids is 2. The number of nitrogens with zero attached hydrogens (tertiary/aromatic N) is 2. The van der Waals surface area contributed by atoms with Crippen LogP contribution in [0.2, 0.25) is 0 Å². The Bertz CT molecular complexity index is 1050. The summed E-state index contributed by atoms with van der Waals surface area (Å²) in [4.78, 5) is 29.8. The molecule has 2 aromatic rings. The van der Waals surface area contributed by atoms with Crippen LogP contribution in [0.4, 0.5) is 18.9 Å². The van der Waals surface area contributed by atoms with Crippen LogP contribution in [0.15, 0.2) is 41.0 Å². The molecule has 2 amide bonds. The summed E-state index contributed by atoms with van der Waals surface area (Å²) >= 11 is 0. The van der Waals surface area contributed by atoms with Crippen LogP contribution in [0, 0.1) is 5.92 Å². The molecule has 0 saturated carbocycles. The molecule has 3 aliphatic rings. The molecular formula is C24H26F3N3O4. The molecule has 0 spiro atoms. The summed E-state index contributed by atoms with van der Waals surface area (Å²) in [6.45, 7) is 2.09. The zero-order valence-electron chi connectivity index (χ0n) is 18.5. The van der Waals surface area contributed by atoms with E-state index < -0.39 is 17.7 Å². The summed E-state index contributed by atoms with van der Waals surface area (Å²) in [5.74, 6) is -0.884. The Hall–Kier alpha value is -3.01. The second-order valence-electron chi connectivity index (χ2n) is 9.02. The molecule has 1 aromatic carbocycles. The smallest absolute Gasteiger partial charge is 0.416 e. The summed E-state index contributed by atoms with van der Waals surface area (Å²) in [5, 5.41) is 2.94. The Morgan fingerprint density at radius 1 is 1.18 bits per heavy atom. The number of fused-ring (bicyclic) bond motifs is 3. The maximum absolute atomic E-state index is 13.4. The van der Waals surface area contributed by atoms with Crippen molar-refractivity contribution in [3.63, 3.8) is 0 Å². The van der Waals surface area contributed by atoms with Crippen LogP contribution in [-0.2, 0) is 22.1 Å². The first-order chi connectivity index (χ1) is 16.3. The molecule has 0 bridgehead atoms. The van der Waals surface area contributed by atoms with E-state index in [9.17, 15) is 22.8 Å². The number of furan rings is 1. The van der Waals surface area contributed by atoms with Crippen LogP contribution in [-0.4, -0.2) is 61.6 Å². The standard InChI is InChI=1S/C24H26F3N3O4/c25-24(26,27)16-5-6-19-15(11-16)12-18(22(31)28-13-17-3-1-9-33-17)20-14-29(7-8-30(19)20)23(32)21-4-2-10-34-21/h2,4-6,10-11,17-18,20H,1,3,7-9,12-14H2,(H,28,31)/t17-,18-,20-/m0/s1. The minimum atomic E-state index is -4.46. The largest absolute Gasteiger partial charge is 0.459 e. The lowest BCUT2D eigenvalue weighted by Gasteiger charge is -2.49. The van der Waals surface area contributed by atoms with Crippen molar-refractivity contribution in [2.75, 3.05) is 37.7 Å². The molecule has 3 aliphatic heterocycles. The molecule has 7 nitrogen and oxygen atoms in total. The second-order valence-corrected chi connectivity index (χ2v) is 9.02. The van der Waals surface area contributed by atoms with Gasteiger partial charge in [-0.25, -0.2) is 0 Å². The Kier molecular flexibility index (Phi) is 6.01. The highest BCUT2D eigenvalue weighted by atomic mass is 19.4. The minimum Gasteiger partial charge on any atom is -0.459 e. The number of hydrogen-bond donors (Lipinski definition) is 1. The van der Waals surface area contributed by atoms with Gasteiger partial charge in [0.15, 0.2) is 5.76 Å². The Morgan fingerprint density at radius 3 is 2.74 bits per heavy atom. The summed E-state index contributed by atoms with van der Waals surface area (Å²) < 4.78 is 50.9. The van der Waals surface area contributed by atoms with E-state index in [0.29, 0.717) is 37.5 Å². The van der Waals surface area contributed by atoms with Gasteiger partial charge in [0.25, 0.3) is 5.91 Å². The molecule has 2 saturated heterocycles. The summed E-state index contributed by atoms with van der Waals surface area (Å²) in [7, 11) is 0. The van der Waals surface area contributed by atoms with Gasteiger partial charge < -0.3 is 24.3 Å². The Morgan fingerprint density at radius 2 is 2.03 bits per heavy atom. The van der Waals surface area contributed by atoms with Crippen molar-refractivity contribution in [3.8, 4) is 0 Å². The molecular weight excluding hydrogens is 451 g/mol. The Balaban J connectivity index is 1.41. The van der Waals surface area contributed by atoms with Gasteiger partial charge in [0, 0.05) is 38.5 Å². The lowest BCUT2D eigenvalue weighted by molar-refractivity contribution is -0.137. The fourth-order valence-electron chi connectivity index (χ4n) is 5.19. The van der Waals surface area contributed by atoms with Crippen LogP contribution >= 0.6 is 0 Å². The van der Waals surface area contributed by atoms with Crippen molar-refractivity contribution in [2.24, 2.45) is 5.92 Å². The van der Waals surface area contributed by atoms with E-state index in [2.05, 4.69) is 5.32 Å². The first-order valence-corrected chi connectivity index (χ1v) is 11.5. The van der Waals surface area contributed by atoms with E-state index in [1.807, 2.05) is 4.90 Å². The van der Waals surface area contributed by atoms with E-state index in [0.717, 1.165) is 25.0 Å². The molecule has 34 heavy (non-hydrogen) atoms. The van der Waals surface area contributed by atoms with E-state index in [-0.39, 0.29) is 42.7 Å². The molecule has 10 heteroatoms. The van der Waals surface area contributed by atoms with E-state index in [4.69, 9.17) is 9.15 Å². The zero-order valence-corrected chi connectivity index (χ0v) is 18.5. The van der Waals surface area contributed by atoms with Crippen LogP contribution in [0.5, 0.6) is 0 Å².